The van der Waals surface area contributed by atoms with Crippen molar-refractivity contribution in [2.24, 2.45) is 10.9 Å². The number of anilines is 1. The van der Waals surface area contributed by atoms with Crippen molar-refractivity contribution in [3.63, 3.8) is 0 Å². The first-order valence-electron chi connectivity index (χ1n) is 7.67. The smallest absolute Gasteiger partial charge is 0.223 e. The summed E-state index contributed by atoms with van der Waals surface area (Å²) in [4.78, 5) is 29.6. The number of ketones is 1. The molecule has 0 aliphatic heterocycles. The van der Waals surface area contributed by atoms with Crippen LogP contribution in [0, 0.1) is 5.92 Å². The van der Waals surface area contributed by atoms with Gasteiger partial charge in [0.1, 0.15) is 0 Å². The summed E-state index contributed by atoms with van der Waals surface area (Å²) in [5.41, 5.74) is 4.07. The number of carbonyl (C=O) groups is 2. The van der Waals surface area contributed by atoms with Gasteiger partial charge in [-0.15, -0.1) is 0 Å². The first-order chi connectivity index (χ1) is 10.8. The lowest BCUT2D eigenvalue weighted by Crippen LogP contribution is -2.22. The lowest BCUT2D eigenvalue weighted by Gasteiger charge is -2.16. The molecule has 1 aromatic carbocycles. The average Bonchev–Trinajstić information content (AvgIpc) is 2.49. The molecule has 0 spiro atoms. The highest BCUT2D eigenvalue weighted by atomic mass is 16.2. The van der Waals surface area contributed by atoms with E-state index < -0.39 is 0 Å². The molecule has 0 saturated carbocycles. The molecule has 1 aliphatic rings. The summed E-state index contributed by atoms with van der Waals surface area (Å²) in [6, 6.07) is 7.46. The number of hydrogen-bond donors (Lipinski definition) is 0. The number of aliphatic imine (C=N–C) groups is 1. The summed E-state index contributed by atoms with van der Waals surface area (Å²) in [5, 5.41) is 0. The second-order valence-corrected chi connectivity index (χ2v) is 6.04. The molecule has 0 bridgehead atoms. The predicted molar refractivity (Wildman–Crippen MR) is 94.3 cm³/mol. The fraction of sp³-hybridized carbons (Fsp3) is 0.316. The van der Waals surface area contributed by atoms with Crippen LogP contribution in [-0.4, -0.2) is 24.4 Å². The zero-order valence-corrected chi connectivity index (χ0v) is 14.3. The van der Waals surface area contributed by atoms with Crippen LogP contribution in [0.5, 0.6) is 0 Å². The van der Waals surface area contributed by atoms with Gasteiger partial charge in [-0.1, -0.05) is 13.8 Å². The monoisotopic (exact) mass is 310 g/mol. The fourth-order valence-corrected chi connectivity index (χ4v) is 2.33. The number of allylic oxidation sites excluding steroid dienone is 4. The van der Waals surface area contributed by atoms with Gasteiger partial charge in [-0.25, -0.2) is 4.99 Å². The zero-order valence-electron chi connectivity index (χ0n) is 14.3. The van der Waals surface area contributed by atoms with Crippen LogP contribution in [0.15, 0.2) is 52.6 Å². The van der Waals surface area contributed by atoms with Crippen molar-refractivity contribution >= 4 is 28.8 Å². The number of amides is 1. The van der Waals surface area contributed by atoms with Crippen LogP contribution in [-0.2, 0) is 9.59 Å². The fourth-order valence-electron chi connectivity index (χ4n) is 2.33. The molecule has 0 radical (unpaired) electrons. The van der Waals surface area contributed by atoms with E-state index in [1.807, 2.05) is 51.1 Å². The molecule has 0 saturated heterocycles. The molecular formula is C19H22N2O2. The Kier molecular flexibility index (Phi) is 4.94. The van der Waals surface area contributed by atoms with Crippen LogP contribution in [0.4, 0.5) is 11.4 Å². The molecule has 1 aromatic rings. The highest BCUT2D eigenvalue weighted by Gasteiger charge is 2.18. The van der Waals surface area contributed by atoms with E-state index in [-0.39, 0.29) is 17.6 Å². The SMILES string of the molecule is CC(=O)N(C)c1ccc(N=C2C=C(C(C)C)C(=O)C=C2C)cc1. The number of benzene rings is 1. The third-order valence-electron chi connectivity index (χ3n) is 3.91. The average molecular weight is 310 g/mol. The second-order valence-electron chi connectivity index (χ2n) is 6.04. The molecule has 0 atom stereocenters. The van der Waals surface area contributed by atoms with Crippen LogP contribution < -0.4 is 4.90 Å². The van der Waals surface area contributed by atoms with Crippen molar-refractivity contribution in [1.29, 1.82) is 0 Å². The summed E-state index contributed by atoms with van der Waals surface area (Å²) in [5.74, 6) is 0.219. The Morgan fingerprint density at radius 1 is 1.13 bits per heavy atom. The number of hydrogen-bond acceptors (Lipinski definition) is 3. The molecule has 2 rings (SSSR count). The minimum Gasteiger partial charge on any atom is -0.316 e. The molecule has 120 valence electrons. The molecule has 1 amide bonds. The molecule has 4 nitrogen and oxygen atoms in total. The maximum Gasteiger partial charge on any atom is 0.223 e. The van der Waals surface area contributed by atoms with E-state index in [4.69, 9.17) is 0 Å². The summed E-state index contributed by atoms with van der Waals surface area (Å²) >= 11 is 0. The van der Waals surface area contributed by atoms with Gasteiger partial charge in [0.05, 0.1) is 11.4 Å². The van der Waals surface area contributed by atoms with Gasteiger partial charge in [0.2, 0.25) is 5.91 Å². The van der Waals surface area contributed by atoms with Crippen molar-refractivity contribution in [3.8, 4) is 0 Å². The van der Waals surface area contributed by atoms with Crippen LogP contribution in [0.3, 0.4) is 0 Å². The van der Waals surface area contributed by atoms with Gasteiger partial charge >= 0.3 is 0 Å². The molecule has 1 aliphatic carbocycles. The minimum absolute atomic E-state index is 0.0156. The Morgan fingerprint density at radius 3 is 2.26 bits per heavy atom. The Labute approximate surface area is 137 Å². The van der Waals surface area contributed by atoms with E-state index in [9.17, 15) is 9.59 Å². The third kappa shape index (κ3) is 3.83. The normalized spacial score (nSPS) is 16.4. The summed E-state index contributed by atoms with van der Waals surface area (Å²) in [6.45, 7) is 7.42. The van der Waals surface area contributed by atoms with Crippen LogP contribution in [0.2, 0.25) is 0 Å². The van der Waals surface area contributed by atoms with Gasteiger partial charge in [0, 0.05) is 25.2 Å². The molecule has 0 fully saturated rings. The molecule has 23 heavy (non-hydrogen) atoms. The lowest BCUT2D eigenvalue weighted by atomic mass is 9.90. The maximum atomic E-state index is 12.0. The summed E-state index contributed by atoms with van der Waals surface area (Å²) < 4.78 is 0. The van der Waals surface area contributed by atoms with Crippen molar-refractivity contribution in [3.05, 3.63) is 47.6 Å². The molecule has 0 aromatic heterocycles. The molecular weight excluding hydrogens is 288 g/mol. The van der Waals surface area contributed by atoms with E-state index in [2.05, 4.69) is 4.99 Å². The summed E-state index contributed by atoms with van der Waals surface area (Å²) in [6.07, 6.45) is 3.52. The van der Waals surface area contributed by atoms with Crippen molar-refractivity contribution in [2.75, 3.05) is 11.9 Å². The largest absolute Gasteiger partial charge is 0.316 e. The van der Waals surface area contributed by atoms with Crippen LogP contribution >= 0.6 is 0 Å². The van der Waals surface area contributed by atoms with Crippen molar-refractivity contribution < 1.29 is 9.59 Å². The van der Waals surface area contributed by atoms with Gasteiger partial charge in [-0.2, -0.15) is 0 Å². The van der Waals surface area contributed by atoms with E-state index in [1.165, 1.54) is 6.92 Å². The Balaban J connectivity index is 2.32. The van der Waals surface area contributed by atoms with Crippen molar-refractivity contribution in [2.45, 2.75) is 27.7 Å². The standard InChI is InChI=1S/C19H22N2O2/c1-12(2)17-11-18(13(3)10-19(17)23)20-15-6-8-16(9-7-15)21(5)14(4)22/h6-12H,1-5H3. The van der Waals surface area contributed by atoms with Gasteiger partial charge in [0.15, 0.2) is 5.78 Å². The van der Waals surface area contributed by atoms with E-state index in [0.717, 1.165) is 28.2 Å². The summed E-state index contributed by atoms with van der Waals surface area (Å²) in [7, 11) is 1.74. The topological polar surface area (TPSA) is 49.7 Å². The van der Waals surface area contributed by atoms with Gasteiger partial charge in [0.25, 0.3) is 0 Å². The highest BCUT2D eigenvalue weighted by molar-refractivity contribution is 6.22. The first kappa shape index (κ1) is 16.9. The van der Waals surface area contributed by atoms with E-state index >= 15 is 0 Å². The van der Waals surface area contributed by atoms with E-state index in [1.54, 1.807) is 18.0 Å². The molecule has 4 heteroatoms. The minimum atomic E-state index is -0.0156. The zero-order chi connectivity index (χ0) is 17.1. The first-order valence-corrected chi connectivity index (χ1v) is 7.67. The van der Waals surface area contributed by atoms with Gasteiger partial charge in [-0.05, 0) is 54.8 Å². The lowest BCUT2D eigenvalue weighted by molar-refractivity contribution is -0.116. The number of rotatable bonds is 3. The quantitative estimate of drug-likeness (QED) is 0.796. The van der Waals surface area contributed by atoms with Crippen molar-refractivity contribution in [1.82, 2.24) is 0 Å². The predicted octanol–water partition coefficient (Wildman–Crippen LogP) is 3.85. The molecule has 0 N–H and O–H groups in total. The van der Waals surface area contributed by atoms with Gasteiger partial charge in [-0.3, -0.25) is 9.59 Å². The Hall–Kier alpha value is -2.49. The highest BCUT2D eigenvalue weighted by Crippen LogP contribution is 2.24. The molecule has 0 unspecified atom stereocenters. The van der Waals surface area contributed by atoms with E-state index in [0.29, 0.717) is 0 Å². The van der Waals surface area contributed by atoms with Crippen LogP contribution in [0.1, 0.15) is 27.7 Å². The molecule has 0 heterocycles. The Morgan fingerprint density at radius 2 is 1.74 bits per heavy atom. The number of carbonyl (C=O) groups excluding carboxylic acids is 2. The van der Waals surface area contributed by atoms with Gasteiger partial charge < -0.3 is 4.90 Å². The number of nitrogens with zero attached hydrogens (tertiary/aromatic N) is 2. The van der Waals surface area contributed by atoms with Crippen LogP contribution in [0.25, 0.3) is 0 Å². The second kappa shape index (κ2) is 6.73. The maximum absolute atomic E-state index is 12.0. The third-order valence-corrected chi connectivity index (χ3v) is 3.91. The Bertz CT molecular complexity index is 722.